The molecule has 3 rings (SSSR count). The van der Waals surface area contributed by atoms with Crippen LogP contribution in [-0.2, 0) is 6.42 Å². The highest BCUT2D eigenvalue weighted by molar-refractivity contribution is 6.32. The molecule has 2 aromatic carbocycles. The molecular formula is C18H16ClN3O3. The lowest BCUT2D eigenvalue weighted by Crippen LogP contribution is -2.11. The summed E-state index contributed by atoms with van der Waals surface area (Å²) in [5.74, 6) is 1.38. The average molecular weight is 358 g/mol. The molecule has 1 amide bonds. The summed E-state index contributed by atoms with van der Waals surface area (Å²) < 4.78 is 10.4. The Hall–Kier alpha value is -2.86. The van der Waals surface area contributed by atoms with E-state index in [1.165, 1.54) is 7.11 Å². The molecule has 0 saturated heterocycles. The predicted molar refractivity (Wildman–Crippen MR) is 94.2 cm³/mol. The first-order valence-corrected chi connectivity index (χ1v) is 7.96. The van der Waals surface area contributed by atoms with Crippen LogP contribution in [0.4, 0.5) is 5.69 Å². The number of nitrogens with zero attached hydrogens (tertiary/aromatic N) is 2. The standard InChI is InChI=1S/C18H16ClN3O3/c1-11-21-22-17(25-11)9-12-3-6-14(7-4-12)20-18(23)13-5-8-16(24-2)15(19)10-13/h3-8,10H,9H2,1-2H3,(H,20,23). The fourth-order valence-corrected chi connectivity index (χ4v) is 2.56. The Morgan fingerprint density at radius 3 is 2.56 bits per heavy atom. The highest BCUT2D eigenvalue weighted by atomic mass is 35.5. The van der Waals surface area contributed by atoms with Gasteiger partial charge in [0.15, 0.2) is 0 Å². The van der Waals surface area contributed by atoms with E-state index in [4.69, 9.17) is 20.8 Å². The lowest BCUT2D eigenvalue weighted by molar-refractivity contribution is 0.102. The molecule has 7 heteroatoms. The van der Waals surface area contributed by atoms with Gasteiger partial charge in [0, 0.05) is 18.2 Å². The number of carbonyl (C=O) groups excluding carboxylic acids is 1. The van der Waals surface area contributed by atoms with Gasteiger partial charge < -0.3 is 14.5 Å². The number of methoxy groups -OCH3 is 1. The number of hydrogen-bond acceptors (Lipinski definition) is 5. The van der Waals surface area contributed by atoms with Crippen molar-refractivity contribution >= 4 is 23.2 Å². The zero-order valence-electron chi connectivity index (χ0n) is 13.7. The van der Waals surface area contributed by atoms with Gasteiger partial charge in [-0.25, -0.2) is 0 Å². The van der Waals surface area contributed by atoms with Gasteiger partial charge in [-0.3, -0.25) is 4.79 Å². The van der Waals surface area contributed by atoms with Crippen molar-refractivity contribution in [3.63, 3.8) is 0 Å². The van der Waals surface area contributed by atoms with E-state index in [0.29, 0.717) is 40.2 Å². The van der Waals surface area contributed by atoms with Crippen molar-refractivity contribution in [2.75, 3.05) is 12.4 Å². The number of halogens is 1. The molecule has 128 valence electrons. The molecule has 1 heterocycles. The van der Waals surface area contributed by atoms with Crippen LogP contribution in [0.3, 0.4) is 0 Å². The Bertz CT molecular complexity index is 891. The van der Waals surface area contributed by atoms with E-state index in [2.05, 4.69) is 15.5 Å². The molecule has 0 spiro atoms. The van der Waals surface area contributed by atoms with Gasteiger partial charge in [-0.1, -0.05) is 23.7 Å². The molecule has 0 bridgehead atoms. The van der Waals surface area contributed by atoms with Crippen molar-refractivity contribution in [2.45, 2.75) is 13.3 Å². The lowest BCUT2D eigenvalue weighted by Gasteiger charge is -2.08. The predicted octanol–water partition coefficient (Wildman–Crippen LogP) is 3.88. The van der Waals surface area contributed by atoms with Crippen LogP contribution >= 0.6 is 11.6 Å². The van der Waals surface area contributed by atoms with Crippen molar-refractivity contribution in [2.24, 2.45) is 0 Å². The number of carbonyl (C=O) groups is 1. The molecule has 6 nitrogen and oxygen atoms in total. The van der Waals surface area contributed by atoms with E-state index in [1.54, 1.807) is 25.1 Å². The third-order valence-electron chi connectivity index (χ3n) is 3.55. The zero-order valence-corrected chi connectivity index (χ0v) is 14.5. The molecule has 0 aliphatic rings. The Labute approximate surface area is 149 Å². The molecule has 0 radical (unpaired) electrons. The first-order chi connectivity index (χ1) is 12.0. The molecule has 0 aliphatic heterocycles. The number of aromatic nitrogens is 2. The van der Waals surface area contributed by atoms with Crippen molar-refractivity contribution in [1.82, 2.24) is 10.2 Å². The van der Waals surface area contributed by atoms with Crippen LogP contribution in [-0.4, -0.2) is 23.2 Å². The third kappa shape index (κ3) is 4.16. The maximum absolute atomic E-state index is 12.3. The maximum Gasteiger partial charge on any atom is 0.255 e. The molecule has 0 saturated carbocycles. The van der Waals surface area contributed by atoms with Gasteiger partial charge in [0.05, 0.1) is 18.6 Å². The maximum atomic E-state index is 12.3. The van der Waals surface area contributed by atoms with Crippen LogP contribution in [0.5, 0.6) is 5.75 Å². The number of hydrogen-bond donors (Lipinski definition) is 1. The number of rotatable bonds is 5. The number of amides is 1. The monoisotopic (exact) mass is 357 g/mol. The van der Waals surface area contributed by atoms with Crippen LogP contribution in [0, 0.1) is 6.92 Å². The summed E-state index contributed by atoms with van der Waals surface area (Å²) >= 11 is 6.05. The van der Waals surface area contributed by atoms with E-state index in [-0.39, 0.29) is 5.91 Å². The fourth-order valence-electron chi connectivity index (χ4n) is 2.30. The van der Waals surface area contributed by atoms with Gasteiger partial charge in [-0.15, -0.1) is 10.2 Å². The third-order valence-corrected chi connectivity index (χ3v) is 3.84. The first kappa shape index (κ1) is 17.0. The summed E-state index contributed by atoms with van der Waals surface area (Å²) in [5.41, 5.74) is 2.15. The molecule has 0 unspecified atom stereocenters. The summed E-state index contributed by atoms with van der Waals surface area (Å²) in [6.45, 7) is 1.75. The SMILES string of the molecule is COc1ccc(C(=O)Nc2ccc(Cc3nnc(C)o3)cc2)cc1Cl. The van der Waals surface area contributed by atoms with Crippen LogP contribution in [0.2, 0.25) is 5.02 Å². The highest BCUT2D eigenvalue weighted by Crippen LogP contribution is 2.25. The second-order valence-corrected chi connectivity index (χ2v) is 5.80. The van der Waals surface area contributed by atoms with Crippen molar-refractivity contribution in [1.29, 1.82) is 0 Å². The Balaban J connectivity index is 1.66. The molecular weight excluding hydrogens is 342 g/mol. The number of benzene rings is 2. The second kappa shape index (κ2) is 7.36. The first-order valence-electron chi connectivity index (χ1n) is 7.58. The zero-order chi connectivity index (χ0) is 17.8. The van der Waals surface area contributed by atoms with Crippen molar-refractivity contribution < 1.29 is 13.9 Å². The summed E-state index contributed by atoms with van der Waals surface area (Å²) in [4.78, 5) is 12.3. The van der Waals surface area contributed by atoms with Crippen molar-refractivity contribution in [3.8, 4) is 5.75 Å². The Morgan fingerprint density at radius 1 is 1.20 bits per heavy atom. The molecule has 3 aromatic rings. The van der Waals surface area contributed by atoms with Crippen LogP contribution in [0.15, 0.2) is 46.9 Å². The quantitative estimate of drug-likeness (QED) is 0.749. The smallest absolute Gasteiger partial charge is 0.255 e. The van der Waals surface area contributed by atoms with E-state index in [9.17, 15) is 4.79 Å². The van der Waals surface area contributed by atoms with Gasteiger partial charge in [-0.2, -0.15) is 0 Å². The van der Waals surface area contributed by atoms with Crippen molar-refractivity contribution in [3.05, 3.63) is 70.4 Å². The molecule has 1 N–H and O–H groups in total. The Kier molecular flexibility index (Phi) is 5.00. The number of anilines is 1. The summed E-state index contributed by atoms with van der Waals surface area (Å²) in [5, 5.41) is 11.0. The Morgan fingerprint density at radius 2 is 1.96 bits per heavy atom. The number of nitrogens with one attached hydrogen (secondary N) is 1. The minimum atomic E-state index is -0.246. The van der Waals surface area contributed by atoms with Gasteiger partial charge in [-0.05, 0) is 35.9 Å². The number of aryl methyl sites for hydroxylation is 1. The highest BCUT2D eigenvalue weighted by Gasteiger charge is 2.10. The van der Waals surface area contributed by atoms with E-state index in [1.807, 2.05) is 24.3 Å². The van der Waals surface area contributed by atoms with Gasteiger partial charge >= 0.3 is 0 Å². The van der Waals surface area contributed by atoms with E-state index in [0.717, 1.165) is 5.56 Å². The fraction of sp³-hybridized carbons (Fsp3) is 0.167. The van der Waals surface area contributed by atoms with E-state index < -0.39 is 0 Å². The summed E-state index contributed by atoms with van der Waals surface area (Å²) in [6.07, 6.45) is 0.545. The van der Waals surface area contributed by atoms with Crippen LogP contribution in [0.1, 0.15) is 27.7 Å². The topological polar surface area (TPSA) is 77.2 Å². The average Bonchev–Trinajstić information content (AvgIpc) is 3.01. The van der Waals surface area contributed by atoms with E-state index >= 15 is 0 Å². The minimum Gasteiger partial charge on any atom is -0.495 e. The van der Waals surface area contributed by atoms with Crippen LogP contribution < -0.4 is 10.1 Å². The normalized spacial score (nSPS) is 10.5. The molecule has 0 aliphatic carbocycles. The minimum absolute atomic E-state index is 0.246. The molecule has 25 heavy (non-hydrogen) atoms. The lowest BCUT2D eigenvalue weighted by atomic mass is 10.1. The van der Waals surface area contributed by atoms with Gasteiger partial charge in [0.1, 0.15) is 5.75 Å². The van der Waals surface area contributed by atoms with Crippen LogP contribution in [0.25, 0.3) is 0 Å². The summed E-state index contributed by atoms with van der Waals surface area (Å²) in [6, 6.07) is 12.3. The molecule has 1 aromatic heterocycles. The van der Waals surface area contributed by atoms with Gasteiger partial charge in [0.2, 0.25) is 11.8 Å². The largest absolute Gasteiger partial charge is 0.495 e. The molecule has 0 atom stereocenters. The summed E-state index contributed by atoms with van der Waals surface area (Å²) in [7, 11) is 1.53. The molecule has 0 fully saturated rings. The number of ether oxygens (including phenoxy) is 1. The second-order valence-electron chi connectivity index (χ2n) is 5.39. The van der Waals surface area contributed by atoms with Gasteiger partial charge in [0.25, 0.3) is 5.91 Å².